The number of benzene rings is 3. The monoisotopic (exact) mass is 639 g/mol. The first-order chi connectivity index (χ1) is 24.0. The highest BCUT2D eigenvalue weighted by atomic mass is 19.1. The van der Waals surface area contributed by atoms with E-state index >= 15 is 8.78 Å². The molecule has 0 aliphatic heterocycles. The van der Waals surface area contributed by atoms with Crippen molar-refractivity contribution < 1.29 is 31.6 Å². The first-order valence-electron chi connectivity index (χ1n) is 17.5. The van der Waals surface area contributed by atoms with Gasteiger partial charge in [-0.2, -0.15) is 0 Å². The van der Waals surface area contributed by atoms with Crippen molar-refractivity contribution in [1.82, 2.24) is 14.5 Å². The average molecular weight is 640 g/mol. The fourth-order valence-corrected chi connectivity index (χ4v) is 5.75. The molecule has 0 saturated heterocycles. The summed E-state index contributed by atoms with van der Waals surface area (Å²) >= 11 is 0. The summed E-state index contributed by atoms with van der Waals surface area (Å²) in [5.74, 6) is -3.35. The van der Waals surface area contributed by atoms with E-state index in [4.69, 9.17) is 13.0 Å². The van der Waals surface area contributed by atoms with Crippen molar-refractivity contribution in [3.8, 4) is 16.9 Å². The van der Waals surface area contributed by atoms with Crippen LogP contribution in [0.1, 0.15) is 81.8 Å². The highest BCUT2D eigenvalue weighted by molar-refractivity contribution is 5.68. The summed E-state index contributed by atoms with van der Waals surface area (Å²) < 4.78 is 88.0. The quantitative estimate of drug-likeness (QED) is 0.174. The van der Waals surface area contributed by atoms with E-state index in [1.165, 1.54) is 62.8 Å². The third kappa shape index (κ3) is 7.12. The van der Waals surface area contributed by atoms with Crippen LogP contribution in [0.4, 0.5) is 8.78 Å². The van der Waals surface area contributed by atoms with Crippen molar-refractivity contribution in [1.29, 1.82) is 0 Å². The van der Waals surface area contributed by atoms with Crippen molar-refractivity contribution in [2.24, 2.45) is 0 Å². The van der Waals surface area contributed by atoms with Crippen LogP contribution in [0, 0.1) is 19.7 Å². The van der Waals surface area contributed by atoms with E-state index in [0.717, 1.165) is 4.57 Å². The number of aryl methyl sites for hydroxylation is 1. The van der Waals surface area contributed by atoms with Gasteiger partial charge < -0.3 is 15.2 Å². The van der Waals surface area contributed by atoms with Gasteiger partial charge in [-0.05, 0) is 75.8 Å². The number of alkyl halides is 1. The van der Waals surface area contributed by atoms with Gasteiger partial charge in [0.1, 0.15) is 5.67 Å². The number of rotatable bonds is 13. The second kappa shape index (κ2) is 14.2. The first kappa shape index (κ1) is 26.6. The van der Waals surface area contributed by atoms with Gasteiger partial charge in [0.15, 0.2) is 11.6 Å². The van der Waals surface area contributed by atoms with Crippen molar-refractivity contribution >= 4 is 5.97 Å². The molecule has 244 valence electrons. The Labute approximate surface area is 275 Å². The summed E-state index contributed by atoms with van der Waals surface area (Å²) in [5, 5.41) is 11.8. The smallest absolute Gasteiger partial charge is 0.331 e. The number of hydrogen-bond donors (Lipinski definition) is 2. The molecule has 0 bridgehead atoms. The summed E-state index contributed by atoms with van der Waals surface area (Å²) in [6.07, 6.45) is -7.42. The Kier molecular flexibility index (Phi) is 8.25. The Morgan fingerprint density at radius 1 is 1.07 bits per heavy atom. The fourth-order valence-electron chi connectivity index (χ4n) is 5.75. The van der Waals surface area contributed by atoms with Crippen molar-refractivity contribution in [2.75, 3.05) is 13.6 Å². The van der Waals surface area contributed by atoms with Crippen LogP contribution in [0.5, 0.6) is 5.75 Å². The summed E-state index contributed by atoms with van der Waals surface area (Å²) in [6.45, 7) is 3.41. The maximum atomic E-state index is 16.0. The Balaban J connectivity index is 2.08. The number of nitrogens with zero attached hydrogens (tertiary/aromatic N) is 2. The Morgan fingerprint density at radius 3 is 2.37 bits per heavy atom. The molecule has 1 unspecified atom stereocenters. The lowest BCUT2D eigenvalue weighted by Gasteiger charge is -2.29. The molecule has 10 heteroatoms. The number of nitrogens with one attached hydrogen (secondary N) is 1. The standard InChI is InChI=1S/C36H41F2N3O5/c1-22-13-10-17-27(36(4,5)38)31(22)23(2)41-24(3)32(26-16-11-18-29(46-6)33(26)37)34(44)40(35(41)45)21-28(25-14-8-7-9-15-25)39-20-12-19-30(42)43/h7-11,13-18,23,28,39H,12,19-21H2,1-6H3,(H,42,43)/t23?,28-/m1/s1/i12D2,19D2,20D2. The van der Waals surface area contributed by atoms with Gasteiger partial charge in [0.05, 0.1) is 31.3 Å². The number of carbonyl (C=O) groups is 1. The molecule has 0 fully saturated rings. The summed E-state index contributed by atoms with van der Waals surface area (Å²) in [7, 11) is 1.24. The molecule has 0 spiro atoms. The van der Waals surface area contributed by atoms with Crippen LogP contribution >= 0.6 is 0 Å². The van der Waals surface area contributed by atoms with E-state index in [9.17, 15) is 19.5 Å². The SMILES string of the molecule is [2H]C([2H])(N[C@H](Cn1c(=O)c(-c2cccc(OC)c2F)c(C)n(C(C)c2c(C)cccc2C(C)(C)F)c1=O)c1ccccc1)C([2H])([2H])C([2H])([2H])C(=O)O. The van der Waals surface area contributed by atoms with Crippen LogP contribution in [0.25, 0.3) is 11.1 Å². The molecule has 0 aliphatic rings. The second-order valence-corrected chi connectivity index (χ2v) is 11.3. The molecule has 1 aromatic heterocycles. The van der Waals surface area contributed by atoms with Crippen LogP contribution in [-0.2, 0) is 17.0 Å². The minimum absolute atomic E-state index is 0.0299. The second-order valence-electron chi connectivity index (χ2n) is 11.3. The molecule has 4 aromatic rings. The van der Waals surface area contributed by atoms with E-state index in [1.54, 1.807) is 50.2 Å². The van der Waals surface area contributed by atoms with Crippen LogP contribution < -0.4 is 21.3 Å². The lowest BCUT2D eigenvalue weighted by atomic mass is 9.88. The minimum Gasteiger partial charge on any atom is -0.494 e. The molecular weight excluding hydrogens is 592 g/mol. The zero-order valence-corrected chi connectivity index (χ0v) is 26.4. The number of methoxy groups -OCH3 is 1. The maximum absolute atomic E-state index is 16.0. The van der Waals surface area contributed by atoms with Crippen LogP contribution in [0.3, 0.4) is 0 Å². The number of ether oxygens (including phenoxy) is 1. The number of halogens is 2. The largest absolute Gasteiger partial charge is 0.494 e. The number of carboxylic acid groups (broad SMARTS) is 1. The minimum atomic E-state index is -3.72. The van der Waals surface area contributed by atoms with Gasteiger partial charge in [-0.25, -0.2) is 13.6 Å². The predicted octanol–water partition coefficient (Wildman–Crippen LogP) is 6.45. The molecular formula is C36H41F2N3O5. The van der Waals surface area contributed by atoms with Crippen molar-refractivity contribution in [3.63, 3.8) is 0 Å². The Bertz CT molecular complexity index is 2100. The number of aromatic nitrogens is 2. The van der Waals surface area contributed by atoms with Gasteiger partial charge in [-0.3, -0.25) is 18.7 Å². The van der Waals surface area contributed by atoms with Crippen molar-refractivity contribution in [3.05, 3.63) is 121 Å². The zero-order valence-electron chi connectivity index (χ0n) is 32.4. The number of carboxylic acids is 1. The lowest BCUT2D eigenvalue weighted by molar-refractivity contribution is -0.137. The third-order valence-corrected chi connectivity index (χ3v) is 7.89. The van der Waals surface area contributed by atoms with E-state index in [2.05, 4.69) is 5.32 Å². The van der Waals surface area contributed by atoms with E-state index in [-0.39, 0.29) is 33.7 Å². The van der Waals surface area contributed by atoms with Gasteiger partial charge in [0.2, 0.25) is 0 Å². The van der Waals surface area contributed by atoms with Crippen molar-refractivity contribution in [2.45, 2.75) is 71.7 Å². The molecule has 0 saturated carbocycles. The molecule has 4 rings (SSSR count). The van der Waals surface area contributed by atoms with Crippen LogP contribution in [0.2, 0.25) is 0 Å². The normalized spacial score (nSPS) is 15.8. The predicted molar refractivity (Wildman–Crippen MR) is 175 cm³/mol. The zero-order chi connectivity index (χ0) is 39.1. The molecule has 2 atom stereocenters. The fraction of sp³-hybridized carbons (Fsp3) is 0.361. The third-order valence-electron chi connectivity index (χ3n) is 7.89. The molecule has 3 aromatic carbocycles. The van der Waals surface area contributed by atoms with E-state index < -0.39 is 66.6 Å². The summed E-state index contributed by atoms with van der Waals surface area (Å²) in [4.78, 5) is 40.8. The van der Waals surface area contributed by atoms with E-state index in [1.807, 2.05) is 0 Å². The van der Waals surface area contributed by atoms with Gasteiger partial charge in [-0.15, -0.1) is 0 Å². The highest BCUT2D eigenvalue weighted by Crippen LogP contribution is 2.36. The molecule has 1 heterocycles. The highest BCUT2D eigenvalue weighted by Gasteiger charge is 2.30. The molecule has 0 amide bonds. The molecule has 46 heavy (non-hydrogen) atoms. The van der Waals surface area contributed by atoms with E-state index in [0.29, 0.717) is 11.1 Å². The first-order valence-corrected chi connectivity index (χ1v) is 14.5. The van der Waals surface area contributed by atoms with Crippen LogP contribution in [-0.4, -0.2) is 33.8 Å². The average Bonchev–Trinajstić information content (AvgIpc) is 3.06. The van der Waals surface area contributed by atoms with Gasteiger partial charge >= 0.3 is 11.7 Å². The Morgan fingerprint density at radius 2 is 1.74 bits per heavy atom. The topological polar surface area (TPSA) is 103 Å². The molecule has 0 radical (unpaired) electrons. The lowest BCUT2D eigenvalue weighted by Crippen LogP contribution is -2.46. The summed E-state index contributed by atoms with van der Waals surface area (Å²) in [5.41, 5.74) is -2.71. The van der Waals surface area contributed by atoms with Gasteiger partial charge in [-0.1, -0.05) is 60.7 Å². The van der Waals surface area contributed by atoms with Crippen LogP contribution in [0.15, 0.2) is 76.3 Å². The molecule has 0 aliphatic carbocycles. The van der Waals surface area contributed by atoms with Gasteiger partial charge in [0.25, 0.3) is 5.56 Å². The maximum Gasteiger partial charge on any atom is 0.331 e. The molecule has 2 N–H and O–H groups in total. The molecule has 8 nitrogen and oxygen atoms in total. The summed E-state index contributed by atoms with van der Waals surface area (Å²) in [6, 6.07) is 14.4. The Hall–Kier alpha value is -4.57. The number of hydrogen-bond acceptors (Lipinski definition) is 5. The van der Waals surface area contributed by atoms with Gasteiger partial charge in [0, 0.05) is 25.9 Å². The number of aliphatic carboxylic acids is 1.